The van der Waals surface area contributed by atoms with Crippen LogP contribution in [0.3, 0.4) is 0 Å². The van der Waals surface area contributed by atoms with Gasteiger partial charge in [-0.05, 0) is 55.3 Å². The fourth-order valence-corrected chi connectivity index (χ4v) is 3.59. The van der Waals surface area contributed by atoms with Crippen molar-refractivity contribution in [2.24, 2.45) is 5.92 Å². The molecule has 0 spiro atoms. The number of rotatable bonds is 9. The Bertz CT molecular complexity index is 1070. The minimum absolute atomic E-state index is 0.0190. The molecule has 1 fully saturated rings. The van der Waals surface area contributed by atoms with Crippen LogP contribution in [0.2, 0.25) is 5.02 Å². The monoisotopic (exact) mass is 486 g/mol. The van der Waals surface area contributed by atoms with Gasteiger partial charge in [-0.15, -0.1) is 0 Å². The van der Waals surface area contributed by atoms with Gasteiger partial charge in [0.25, 0.3) is 5.91 Å². The van der Waals surface area contributed by atoms with Crippen molar-refractivity contribution in [3.05, 3.63) is 58.6 Å². The molecule has 0 aliphatic carbocycles. The molecule has 1 aliphatic heterocycles. The van der Waals surface area contributed by atoms with Crippen LogP contribution in [0.4, 0.5) is 11.4 Å². The molecule has 1 saturated heterocycles. The lowest BCUT2D eigenvalue weighted by Crippen LogP contribution is -2.28. The van der Waals surface area contributed by atoms with E-state index >= 15 is 0 Å². The van der Waals surface area contributed by atoms with Gasteiger partial charge in [-0.1, -0.05) is 31.0 Å². The number of nitrogens with zero attached hydrogens (tertiary/aromatic N) is 1. The van der Waals surface area contributed by atoms with Crippen molar-refractivity contribution in [1.82, 2.24) is 0 Å². The number of aryl methyl sites for hydroxylation is 1. The number of hydrogen-bond donors (Lipinski definition) is 1. The third kappa shape index (κ3) is 6.57. The fourth-order valence-electron chi connectivity index (χ4n) is 3.41. The number of carbonyl (C=O) groups is 4. The minimum Gasteiger partial charge on any atom is -0.462 e. The molecule has 0 saturated carbocycles. The molecule has 8 nitrogen and oxygen atoms in total. The summed E-state index contributed by atoms with van der Waals surface area (Å²) in [5, 5.41) is 3.13. The molecule has 3 rings (SSSR count). The van der Waals surface area contributed by atoms with E-state index < -0.39 is 30.4 Å². The number of unbranched alkanes of at least 4 members (excludes halogenated alkanes) is 1. The summed E-state index contributed by atoms with van der Waals surface area (Å²) in [4.78, 5) is 50.5. The Morgan fingerprint density at radius 1 is 1.12 bits per heavy atom. The minimum atomic E-state index is -0.687. The van der Waals surface area contributed by atoms with Crippen LogP contribution in [0.15, 0.2) is 42.5 Å². The lowest BCUT2D eigenvalue weighted by atomic mass is 10.1. The molecule has 2 amide bonds. The molecule has 1 aliphatic rings. The van der Waals surface area contributed by atoms with Crippen LogP contribution >= 0.6 is 11.6 Å². The molecule has 0 unspecified atom stereocenters. The molecule has 2 aromatic rings. The summed E-state index contributed by atoms with van der Waals surface area (Å²) in [7, 11) is 0. The Morgan fingerprint density at radius 3 is 2.53 bits per heavy atom. The molecule has 0 aromatic heterocycles. The summed E-state index contributed by atoms with van der Waals surface area (Å²) in [5.41, 5.74) is 2.34. The summed E-state index contributed by atoms with van der Waals surface area (Å²) in [6, 6.07) is 11.5. The predicted molar refractivity (Wildman–Crippen MR) is 128 cm³/mol. The van der Waals surface area contributed by atoms with Gasteiger partial charge < -0.3 is 19.7 Å². The zero-order valence-corrected chi connectivity index (χ0v) is 19.9. The van der Waals surface area contributed by atoms with E-state index in [1.54, 1.807) is 42.5 Å². The highest BCUT2D eigenvalue weighted by atomic mass is 35.5. The first-order valence-corrected chi connectivity index (χ1v) is 11.5. The van der Waals surface area contributed by atoms with Crippen molar-refractivity contribution in [3.8, 4) is 0 Å². The summed E-state index contributed by atoms with van der Waals surface area (Å²) >= 11 is 6.04. The maximum Gasteiger partial charge on any atom is 0.338 e. The maximum atomic E-state index is 12.5. The Balaban J connectivity index is 1.50. The Kier molecular flexibility index (Phi) is 8.65. The fraction of sp³-hybridized carbons (Fsp3) is 0.360. The summed E-state index contributed by atoms with van der Waals surface area (Å²) in [6.07, 6.45) is 1.71. The lowest BCUT2D eigenvalue weighted by molar-refractivity contribution is -0.151. The average molecular weight is 487 g/mol. The second-order valence-corrected chi connectivity index (χ2v) is 8.47. The first-order chi connectivity index (χ1) is 16.3. The van der Waals surface area contributed by atoms with Crippen LogP contribution in [0.25, 0.3) is 0 Å². The normalized spacial score (nSPS) is 15.2. The van der Waals surface area contributed by atoms with Crippen LogP contribution in [-0.2, 0) is 23.9 Å². The van der Waals surface area contributed by atoms with Gasteiger partial charge in [-0.2, -0.15) is 0 Å². The Labute approximate surface area is 203 Å². The largest absolute Gasteiger partial charge is 0.462 e. The number of anilines is 2. The highest BCUT2D eigenvalue weighted by molar-refractivity contribution is 6.31. The van der Waals surface area contributed by atoms with Crippen molar-refractivity contribution < 1.29 is 28.7 Å². The summed E-state index contributed by atoms with van der Waals surface area (Å²) in [5.74, 6) is -2.47. The highest BCUT2D eigenvalue weighted by Gasteiger charge is 2.36. The molecule has 1 heterocycles. The number of nitrogens with one attached hydrogen (secondary N) is 1. The van der Waals surface area contributed by atoms with E-state index in [2.05, 4.69) is 5.32 Å². The first kappa shape index (κ1) is 25.2. The van der Waals surface area contributed by atoms with Crippen LogP contribution in [-0.4, -0.2) is 43.5 Å². The van der Waals surface area contributed by atoms with Gasteiger partial charge in [0.2, 0.25) is 5.91 Å². The van der Waals surface area contributed by atoms with Gasteiger partial charge in [-0.3, -0.25) is 14.4 Å². The average Bonchev–Trinajstić information content (AvgIpc) is 3.21. The second kappa shape index (κ2) is 11.7. The van der Waals surface area contributed by atoms with E-state index in [0.717, 1.165) is 18.4 Å². The van der Waals surface area contributed by atoms with Gasteiger partial charge in [0.15, 0.2) is 6.61 Å². The molecule has 2 aromatic carbocycles. The van der Waals surface area contributed by atoms with Gasteiger partial charge >= 0.3 is 11.9 Å². The SMILES string of the molecule is CCCCOC(=O)c1ccc(N2C[C@H](C(=O)OCC(=O)Nc3ccc(C)c(Cl)c3)CC2=O)cc1. The molecule has 0 radical (unpaired) electrons. The van der Waals surface area contributed by atoms with E-state index in [4.69, 9.17) is 21.1 Å². The number of carbonyl (C=O) groups excluding carboxylic acids is 4. The Morgan fingerprint density at radius 2 is 1.85 bits per heavy atom. The third-order valence-electron chi connectivity index (χ3n) is 5.41. The molecular weight excluding hydrogens is 460 g/mol. The van der Waals surface area contributed by atoms with Crippen molar-refractivity contribution in [3.63, 3.8) is 0 Å². The molecule has 180 valence electrons. The van der Waals surface area contributed by atoms with Crippen molar-refractivity contribution in [1.29, 1.82) is 0 Å². The predicted octanol–water partition coefficient (Wildman–Crippen LogP) is 4.14. The molecular formula is C25H27ClN2O6. The van der Waals surface area contributed by atoms with Crippen LogP contribution < -0.4 is 10.2 Å². The lowest BCUT2D eigenvalue weighted by Gasteiger charge is -2.17. The third-order valence-corrected chi connectivity index (χ3v) is 5.81. The number of amides is 2. The van der Waals surface area contributed by atoms with E-state index in [9.17, 15) is 19.2 Å². The quantitative estimate of drug-likeness (QED) is 0.422. The van der Waals surface area contributed by atoms with Crippen molar-refractivity contribution in [2.45, 2.75) is 33.1 Å². The number of halogens is 1. The number of ether oxygens (including phenoxy) is 2. The topological polar surface area (TPSA) is 102 Å². The molecule has 9 heteroatoms. The Hall–Kier alpha value is -3.39. The standard InChI is InChI=1S/C25H27ClN2O6/c1-3-4-11-33-24(31)17-6-9-20(10-7-17)28-14-18(12-23(28)30)25(32)34-15-22(29)27-19-8-5-16(2)21(26)13-19/h5-10,13,18H,3-4,11-12,14-15H2,1-2H3,(H,27,29)/t18-/m1/s1. The highest BCUT2D eigenvalue weighted by Crippen LogP contribution is 2.26. The molecule has 1 N–H and O–H groups in total. The van der Waals surface area contributed by atoms with Crippen molar-refractivity contribution in [2.75, 3.05) is 30.0 Å². The van der Waals surface area contributed by atoms with E-state index in [0.29, 0.717) is 28.6 Å². The smallest absolute Gasteiger partial charge is 0.338 e. The van der Waals surface area contributed by atoms with Gasteiger partial charge in [-0.25, -0.2) is 4.79 Å². The molecule has 34 heavy (non-hydrogen) atoms. The zero-order valence-electron chi connectivity index (χ0n) is 19.1. The summed E-state index contributed by atoms with van der Waals surface area (Å²) in [6.45, 7) is 3.88. The molecule has 0 bridgehead atoms. The number of hydrogen-bond acceptors (Lipinski definition) is 6. The van der Waals surface area contributed by atoms with E-state index in [1.165, 1.54) is 4.90 Å². The van der Waals surface area contributed by atoms with Crippen LogP contribution in [0, 0.1) is 12.8 Å². The maximum absolute atomic E-state index is 12.5. The zero-order chi connectivity index (χ0) is 24.7. The van der Waals surface area contributed by atoms with E-state index in [1.807, 2.05) is 13.8 Å². The van der Waals surface area contributed by atoms with Gasteiger partial charge in [0, 0.05) is 29.4 Å². The summed E-state index contributed by atoms with van der Waals surface area (Å²) < 4.78 is 10.3. The van der Waals surface area contributed by atoms with Crippen LogP contribution in [0.1, 0.15) is 42.1 Å². The van der Waals surface area contributed by atoms with Gasteiger partial charge in [0.05, 0.1) is 18.1 Å². The molecule has 1 atom stereocenters. The van der Waals surface area contributed by atoms with E-state index in [-0.39, 0.29) is 18.9 Å². The number of esters is 2. The number of benzene rings is 2. The van der Waals surface area contributed by atoms with Gasteiger partial charge in [0.1, 0.15) is 0 Å². The first-order valence-electron chi connectivity index (χ1n) is 11.1. The van der Waals surface area contributed by atoms with Crippen LogP contribution in [0.5, 0.6) is 0 Å². The second-order valence-electron chi connectivity index (χ2n) is 8.06. The van der Waals surface area contributed by atoms with Crippen molar-refractivity contribution >= 4 is 46.7 Å².